The molecule has 0 aliphatic heterocycles. The number of nitrogens with one attached hydrogen (secondary N) is 2. The van der Waals surface area contributed by atoms with E-state index >= 15 is 0 Å². The zero-order valence-corrected chi connectivity index (χ0v) is 16.8. The Morgan fingerprint density at radius 3 is 2.54 bits per heavy atom. The number of anilines is 2. The number of rotatable bonds is 6. The van der Waals surface area contributed by atoms with Gasteiger partial charge in [0.25, 0.3) is 10.0 Å². The standard InChI is InChI=1S/C22H26N2O3S/c1-15-7-10-19(23-22(25)13-18-12-16-8-9-17(18)11-16)14-21(15)24-28(26,27)20-5-3-2-4-6-20/h2-7,10,14,16-18,24H,8-9,11-13H2,1H3,(H,23,25). The summed E-state index contributed by atoms with van der Waals surface area (Å²) in [6.07, 6.45) is 5.60. The van der Waals surface area contributed by atoms with Crippen molar-refractivity contribution in [2.45, 2.75) is 43.9 Å². The maximum absolute atomic E-state index is 12.6. The van der Waals surface area contributed by atoms with Crippen molar-refractivity contribution in [3.05, 3.63) is 54.1 Å². The Labute approximate surface area is 166 Å². The number of carbonyl (C=O) groups excluding carboxylic acids is 1. The zero-order chi connectivity index (χ0) is 19.7. The fourth-order valence-electron chi connectivity index (χ4n) is 4.69. The Bertz CT molecular complexity index is 973. The maximum Gasteiger partial charge on any atom is 0.261 e. The number of sulfonamides is 1. The number of hydrogen-bond donors (Lipinski definition) is 2. The first kappa shape index (κ1) is 19.0. The van der Waals surface area contributed by atoms with Crippen LogP contribution in [0.1, 0.15) is 37.7 Å². The highest BCUT2D eigenvalue weighted by Gasteiger charge is 2.40. The van der Waals surface area contributed by atoms with Gasteiger partial charge in [0.1, 0.15) is 0 Å². The van der Waals surface area contributed by atoms with Crippen LogP contribution in [0.4, 0.5) is 11.4 Å². The fraction of sp³-hybridized carbons (Fsp3) is 0.409. The smallest absolute Gasteiger partial charge is 0.261 e. The van der Waals surface area contributed by atoms with Crippen molar-refractivity contribution in [1.82, 2.24) is 0 Å². The van der Waals surface area contributed by atoms with Crippen LogP contribution in [-0.4, -0.2) is 14.3 Å². The molecule has 2 aromatic rings. The molecule has 0 saturated heterocycles. The van der Waals surface area contributed by atoms with E-state index in [1.807, 2.05) is 19.1 Å². The number of amides is 1. The Hall–Kier alpha value is -2.34. The van der Waals surface area contributed by atoms with E-state index in [9.17, 15) is 13.2 Å². The van der Waals surface area contributed by atoms with Gasteiger partial charge in [-0.15, -0.1) is 0 Å². The van der Waals surface area contributed by atoms with Gasteiger partial charge in [0.05, 0.1) is 10.6 Å². The summed E-state index contributed by atoms with van der Waals surface area (Å²) in [5, 5.41) is 2.95. The molecule has 3 unspecified atom stereocenters. The molecule has 2 saturated carbocycles. The van der Waals surface area contributed by atoms with Gasteiger partial charge in [-0.3, -0.25) is 9.52 Å². The van der Waals surface area contributed by atoms with E-state index in [1.54, 1.807) is 36.4 Å². The molecule has 0 aromatic heterocycles. The van der Waals surface area contributed by atoms with Gasteiger partial charge in [0.15, 0.2) is 0 Å². The van der Waals surface area contributed by atoms with Gasteiger partial charge >= 0.3 is 0 Å². The van der Waals surface area contributed by atoms with Gasteiger partial charge in [-0.05, 0) is 73.8 Å². The largest absolute Gasteiger partial charge is 0.326 e. The number of carbonyl (C=O) groups is 1. The van der Waals surface area contributed by atoms with Crippen LogP contribution in [0, 0.1) is 24.7 Å². The van der Waals surface area contributed by atoms with Crippen molar-refractivity contribution in [3.8, 4) is 0 Å². The van der Waals surface area contributed by atoms with Gasteiger partial charge in [0, 0.05) is 12.1 Å². The predicted octanol–water partition coefficient (Wildman–Crippen LogP) is 4.56. The Morgan fingerprint density at radius 1 is 1.07 bits per heavy atom. The second-order valence-electron chi connectivity index (χ2n) is 8.14. The summed E-state index contributed by atoms with van der Waals surface area (Å²) in [6, 6.07) is 13.6. The lowest BCUT2D eigenvalue weighted by molar-refractivity contribution is -0.117. The molecule has 3 atom stereocenters. The summed E-state index contributed by atoms with van der Waals surface area (Å²) in [4.78, 5) is 12.7. The van der Waals surface area contributed by atoms with Gasteiger partial charge in [-0.1, -0.05) is 30.7 Å². The van der Waals surface area contributed by atoms with Crippen molar-refractivity contribution in [3.63, 3.8) is 0 Å². The molecular formula is C22H26N2O3S. The molecule has 2 aromatic carbocycles. The lowest BCUT2D eigenvalue weighted by Gasteiger charge is -2.21. The van der Waals surface area contributed by atoms with Crippen LogP contribution in [0.25, 0.3) is 0 Å². The van der Waals surface area contributed by atoms with Gasteiger partial charge in [0.2, 0.25) is 5.91 Å². The van der Waals surface area contributed by atoms with Gasteiger partial charge < -0.3 is 5.32 Å². The Morgan fingerprint density at radius 2 is 1.86 bits per heavy atom. The fourth-order valence-corrected chi connectivity index (χ4v) is 5.83. The minimum Gasteiger partial charge on any atom is -0.326 e. The van der Waals surface area contributed by atoms with E-state index in [1.165, 1.54) is 25.7 Å². The van der Waals surface area contributed by atoms with E-state index < -0.39 is 10.0 Å². The Balaban J connectivity index is 1.44. The van der Waals surface area contributed by atoms with E-state index in [4.69, 9.17) is 0 Å². The number of fused-ring (bicyclic) bond motifs is 2. The first-order valence-electron chi connectivity index (χ1n) is 9.89. The molecule has 6 heteroatoms. The number of hydrogen-bond acceptors (Lipinski definition) is 3. The molecule has 2 bridgehead atoms. The van der Waals surface area contributed by atoms with Crippen LogP contribution in [-0.2, 0) is 14.8 Å². The van der Waals surface area contributed by atoms with Crippen LogP contribution in [0.3, 0.4) is 0 Å². The van der Waals surface area contributed by atoms with E-state index in [-0.39, 0.29) is 10.8 Å². The molecule has 148 valence electrons. The first-order valence-corrected chi connectivity index (χ1v) is 11.4. The van der Waals surface area contributed by atoms with Crippen LogP contribution < -0.4 is 10.0 Å². The highest BCUT2D eigenvalue weighted by atomic mass is 32.2. The summed E-state index contributed by atoms with van der Waals surface area (Å²) in [7, 11) is -3.67. The highest BCUT2D eigenvalue weighted by molar-refractivity contribution is 7.92. The summed E-state index contributed by atoms with van der Waals surface area (Å²) in [6.45, 7) is 1.84. The second-order valence-corrected chi connectivity index (χ2v) is 9.82. The Kier molecular flexibility index (Phi) is 5.15. The minimum atomic E-state index is -3.67. The third-order valence-corrected chi connectivity index (χ3v) is 7.53. The number of aryl methyl sites for hydroxylation is 1. The molecule has 1 amide bonds. The quantitative estimate of drug-likeness (QED) is 0.749. The van der Waals surface area contributed by atoms with E-state index in [0.29, 0.717) is 29.6 Å². The summed E-state index contributed by atoms with van der Waals surface area (Å²) in [5.41, 5.74) is 1.89. The average Bonchev–Trinajstić information content (AvgIpc) is 3.28. The third kappa shape index (κ3) is 4.07. The normalized spacial score (nSPS) is 23.5. The van der Waals surface area contributed by atoms with Crippen LogP contribution >= 0.6 is 0 Å². The molecule has 4 rings (SSSR count). The maximum atomic E-state index is 12.6. The summed E-state index contributed by atoms with van der Waals surface area (Å²) < 4.78 is 27.8. The van der Waals surface area contributed by atoms with E-state index in [2.05, 4.69) is 10.0 Å². The van der Waals surface area contributed by atoms with E-state index in [0.717, 1.165) is 11.5 Å². The predicted molar refractivity (Wildman–Crippen MR) is 111 cm³/mol. The lowest BCUT2D eigenvalue weighted by atomic mass is 9.86. The van der Waals surface area contributed by atoms with Crippen LogP contribution in [0.5, 0.6) is 0 Å². The van der Waals surface area contributed by atoms with Crippen molar-refractivity contribution in [2.24, 2.45) is 17.8 Å². The third-order valence-electron chi connectivity index (χ3n) is 6.15. The van der Waals surface area contributed by atoms with Crippen molar-refractivity contribution < 1.29 is 13.2 Å². The molecule has 2 aliphatic carbocycles. The molecule has 0 radical (unpaired) electrons. The summed E-state index contributed by atoms with van der Waals surface area (Å²) >= 11 is 0. The molecule has 2 fully saturated rings. The second kappa shape index (κ2) is 7.59. The molecule has 2 aliphatic rings. The molecular weight excluding hydrogens is 372 g/mol. The zero-order valence-electron chi connectivity index (χ0n) is 16.0. The first-order chi connectivity index (χ1) is 13.4. The molecule has 0 spiro atoms. The van der Waals surface area contributed by atoms with Crippen LogP contribution in [0.2, 0.25) is 0 Å². The molecule has 2 N–H and O–H groups in total. The van der Waals surface area contributed by atoms with Gasteiger partial charge in [-0.2, -0.15) is 0 Å². The summed E-state index contributed by atoms with van der Waals surface area (Å²) in [5.74, 6) is 2.04. The average molecular weight is 399 g/mol. The van der Waals surface area contributed by atoms with Crippen molar-refractivity contribution >= 4 is 27.3 Å². The SMILES string of the molecule is Cc1ccc(NC(=O)CC2CC3CCC2C3)cc1NS(=O)(=O)c1ccccc1. The van der Waals surface area contributed by atoms with Crippen molar-refractivity contribution in [2.75, 3.05) is 10.0 Å². The topological polar surface area (TPSA) is 75.3 Å². The molecule has 0 heterocycles. The lowest BCUT2D eigenvalue weighted by Crippen LogP contribution is -2.20. The monoisotopic (exact) mass is 398 g/mol. The highest BCUT2D eigenvalue weighted by Crippen LogP contribution is 2.49. The number of benzene rings is 2. The van der Waals surface area contributed by atoms with Crippen LogP contribution in [0.15, 0.2) is 53.4 Å². The van der Waals surface area contributed by atoms with Crippen molar-refractivity contribution in [1.29, 1.82) is 0 Å². The van der Waals surface area contributed by atoms with Gasteiger partial charge in [-0.25, -0.2) is 8.42 Å². The molecule has 28 heavy (non-hydrogen) atoms. The minimum absolute atomic E-state index is 0.0123. The molecule has 5 nitrogen and oxygen atoms in total.